The molecule has 1 saturated heterocycles. The number of benzene rings is 1. The Hall–Kier alpha value is -1.90. The van der Waals surface area contributed by atoms with Crippen LogP contribution in [-0.2, 0) is 10.0 Å². The molecular weight excluding hydrogens is 366 g/mol. The van der Waals surface area contributed by atoms with E-state index in [1.807, 2.05) is 24.3 Å². The van der Waals surface area contributed by atoms with E-state index in [2.05, 4.69) is 14.8 Å². The molecule has 0 radical (unpaired) electrons. The van der Waals surface area contributed by atoms with Crippen LogP contribution in [0.3, 0.4) is 0 Å². The molecule has 1 aromatic carbocycles. The van der Waals surface area contributed by atoms with Gasteiger partial charge in [-0.15, -0.1) is 0 Å². The molecule has 0 spiro atoms. The number of aryl methyl sites for hydroxylation is 2. The maximum Gasteiger partial charge on any atom is 0.246 e. The maximum absolute atomic E-state index is 12.8. The van der Waals surface area contributed by atoms with Crippen LogP contribution in [0.25, 0.3) is 0 Å². The second kappa shape index (κ2) is 8.41. The molecule has 0 amide bonds. The largest absolute Gasteiger partial charge is 0.496 e. The van der Waals surface area contributed by atoms with Crippen LogP contribution in [-0.4, -0.2) is 45.2 Å². The first-order valence-corrected chi connectivity index (χ1v) is 10.7. The summed E-state index contributed by atoms with van der Waals surface area (Å²) in [6, 6.07) is 7.69. The summed E-state index contributed by atoms with van der Waals surface area (Å²) in [6.07, 6.45) is 3.44. The van der Waals surface area contributed by atoms with E-state index in [1.54, 1.807) is 21.0 Å². The van der Waals surface area contributed by atoms with E-state index in [9.17, 15) is 8.42 Å². The summed E-state index contributed by atoms with van der Waals surface area (Å²) in [6.45, 7) is 5.38. The summed E-state index contributed by atoms with van der Waals surface area (Å²) in [5.41, 5.74) is 1.36. The van der Waals surface area contributed by atoms with Crippen molar-refractivity contribution in [1.29, 1.82) is 0 Å². The Morgan fingerprint density at radius 2 is 1.93 bits per heavy atom. The number of aromatic nitrogens is 1. The molecule has 1 unspecified atom stereocenters. The van der Waals surface area contributed by atoms with Crippen molar-refractivity contribution in [3.05, 3.63) is 41.3 Å². The van der Waals surface area contributed by atoms with Gasteiger partial charge in [-0.1, -0.05) is 29.8 Å². The zero-order chi connectivity index (χ0) is 19.4. The first-order chi connectivity index (χ1) is 12.9. The van der Waals surface area contributed by atoms with Gasteiger partial charge in [0, 0.05) is 12.1 Å². The van der Waals surface area contributed by atoms with Crippen LogP contribution >= 0.6 is 0 Å². The Kier molecular flexibility index (Phi) is 6.18. The first-order valence-electron chi connectivity index (χ1n) is 9.23. The van der Waals surface area contributed by atoms with Crippen molar-refractivity contribution in [2.24, 2.45) is 0 Å². The molecule has 2 heterocycles. The highest BCUT2D eigenvalue weighted by Crippen LogP contribution is 2.31. The molecular formula is C19H27N3O4S. The fourth-order valence-electron chi connectivity index (χ4n) is 3.73. The molecule has 1 fully saturated rings. The number of hydrogen-bond acceptors (Lipinski definition) is 6. The number of ether oxygens (including phenoxy) is 1. The average molecular weight is 394 g/mol. The maximum atomic E-state index is 12.8. The predicted molar refractivity (Wildman–Crippen MR) is 102 cm³/mol. The molecule has 148 valence electrons. The molecule has 0 bridgehead atoms. The number of hydrogen-bond donors (Lipinski definition) is 1. The lowest BCUT2D eigenvalue weighted by Crippen LogP contribution is -2.40. The molecule has 0 aliphatic carbocycles. The van der Waals surface area contributed by atoms with Crippen molar-refractivity contribution in [2.45, 2.75) is 44.0 Å². The lowest BCUT2D eigenvalue weighted by molar-refractivity contribution is 0.162. The molecule has 1 N–H and O–H groups in total. The van der Waals surface area contributed by atoms with Gasteiger partial charge in [0.2, 0.25) is 10.0 Å². The number of rotatable bonds is 7. The number of piperidine rings is 1. The van der Waals surface area contributed by atoms with Gasteiger partial charge in [0.25, 0.3) is 0 Å². The summed E-state index contributed by atoms with van der Waals surface area (Å²) >= 11 is 0. The second-order valence-corrected chi connectivity index (χ2v) is 8.56. The number of methoxy groups -OCH3 is 1. The molecule has 3 rings (SSSR count). The van der Waals surface area contributed by atoms with Crippen LogP contribution in [0.2, 0.25) is 0 Å². The standard InChI is InChI=1S/C19H27N3O4S/c1-14-19(15(2)26-21-14)27(23,24)20-13-17(22-11-7-4-8-12-22)16-9-5-6-10-18(16)25-3/h5-6,9-10,17,20H,4,7-8,11-13H2,1-3H3. The molecule has 1 aliphatic heterocycles. The van der Waals surface area contributed by atoms with Gasteiger partial charge in [0.05, 0.1) is 13.2 Å². The van der Waals surface area contributed by atoms with Gasteiger partial charge < -0.3 is 9.26 Å². The summed E-state index contributed by atoms with van der Waals surface area (Å²) in [5, 5.41) is 3.76. The van der Waals surface area contributed by atoms with Crippen LogP contribution in [0, 0.1) is 13.8 Å². The third kappa shape index (κ3) is 4.34. The number of sulfonamides is 1. The highest BCUT2D eigenvalue weighted by atomic mass is 32.2. The third-order valence-corrected chi connectivity index (χ3v) is 6.70. The van der Waals surface area contributed by atoms with Crippen molar-refractivity contribution >= 4 is 10.0 Å². The Bertz CT molecular complexity index is 853. The minimum absolute atomic E-state index is 0.100. The summed E-state index contributed by atoms with van der Waals surface area (Å²) in [5.74, 6) is 1.07. The molecule has 0 saturated carbocycles. The summed E-state index contributed by atoms with van der Waals surface area (Å²) < 4.78 is 39.0. The van der Waals surface area contributed by atoms with Gasteiger partial charge in [-0.25, -0.2) is 13.1 Å². The predicted octanol–water partition coefficient (Wildman–Crippen LogP) is 2.81. The van der Waals surface area contributed by atoms with Gasteiger partial charge >= 0.3 is 0 Å². The Balaban J connectivity index is 1.88. The fourth-order valence-corrected chi connectivity index (χ4v) is 5.09. The zero-order valence-electron chi connectivity index (χ0n) is 16.1. The Morgan fingerprint density at radius 1 is 1.22 bits per heavy atom. The van der Waals surface area contributed by atoms with Gasteiger partial charge in [-0.2, -0.15) is 0 Å². The first kappa shape index (κ1) is 19.9. The van der Waals surface area contributed by atoms with Crippen LogP contribution in [0.5, 0.6) is 5.75 Å². The highest BCUT2D eigenvalue weighted by molar-refractivity contribution is 7.89. The van der Waals surface area contributed by atoms with Gasteiger partial charge in [0.1, 0.15) is 16.3 Å². The number of nitrogens with zero attached hydrogens (tertiary/aromatic N) is 2. The molecule has 7 nitrogen and oxygen atoms in total. The van der Waals surface area contributed by atoms with Crippen LogP contribution < -0.4 is 9.46 Å². The molecule has 1 atom stereocenters. The van der Waals surface area contributed by atoms with Gasteiger partial charge in [0.15, 0.2) is 5.76 Å². The van der Waals surface area contributed by atoms with Crippen molar-refractivity contribution in [1.82, 2.24) is 14.8 Å². The van der Waals surface area contributed by atoms with E-state index in [-0.39, 0.29) is 17.5 Å². The zero-order valence-corrected chi connectivity index (χ0v) is 16.9. The average Bonchev–Trinajstić information content (AvgIpc) is 3.02. The monoisotopic (exact) mass is 393 g/mol. The van der Waals surface area contributed by atoms with Gasteiger partial charge in [-0.3, -0.25) is 4.90 Å². The SMILES string of the molecule is COc1ccccc1C(CNS(=O)(=O)c1c(C)noc1C)N1CCCCC1. The van der Waals surface area contributed by atoms with E-state index in [0.717, 1.165) is 37.2 Å². The third-order valence-electron chi connectivity index (χ3n) is 5.03. The molecule has 1 aromatic heterocycles. The number of para-hydroxylation sites is 1. The Morgan fingerprint density at radius 3 is 2.56 bits per heavy atom. The summed E-state index contributed by atoms with van der Waals surface area (Å²) in [7, 11) is -2.07. The normalized spacial score (nSPS) is 17.0. The van der Waals surface area contributed by atoms with Gasteiger partial charge in [-0.05, 0) is 45.8 Å². The Labute approximate surface area is 160 Å². The van der Waals surface area contributed by atoms with E-state index in [4.69, 9.17) is 9.26 Å². The van der Waals surface area contributed by atoms with E-state index >= 15 is 0 Å². The fraction of sp³-hybridized carbons (Fsp3) is 0.526. The molecule has 8 heteroatoms. The van der Waals surface area contributed by atoms with Crippen LogP contribution in [0.15, 0.2) is 33.7 Å². The van der Waals surface area contributed by atoms with Crippen molar-refractivity contribution < 1.29 is 17.7 Å². The van der Waals surface area contributed by atoms with E-state index in [0.29, 0.717) is 11.5 Å². The topological polar surface area (TPSA) is 84.7 Å². The minimum atomic E-state index is -3.71. The van der Waals surface area contributed by atoms with Crippen molar-refractivity contribution in [3.63, 3.8) is 0 Å². The molecule has 2 aromatic rings. The van der Waals surface area contributed by atoms with E-state index < -0.39 is 10.0 Å². The van der Waals surface area contributed by atoms with Crippen LogP contribution in [0.1, 0.15) is 42.3 Å². The minimum Gasteiger partial charge on any atom is -0.496 e. The van der Waals surface area contributed by atoms with Crippen molar-refractivity contribution in [2.75, 3.05) is 26.7 Å². The smallest absolute Gasteiger partial charge is 0.246 e. The quantitative estimate of drug-likeness (QED) is 0.779. The second-order valence-electron chi connectivity index (χ2n) is 6.86. The molecule has 1 aliphatic rings. The van der Waals surface area contributed by atoms with E-state index in [1.165, 1.54) is 6.42 Å². The lowest BCUT2D eigenvalue weighted by atomic mass is 10.0. The number of likely N-dealkylation sites (tertiary alicyclic amines) is 1. The molecule has 27 heavy (non-hydrogen) atoms. The van der Waals surface area contributed by atoms with Crippen molar-refractivity contribution in [3.8, 4) is 5.75 Å². The lowest BCUT2D eigenvalue weighted by Gasteiger charge is -2.35. The highest BCUT2D eigenvalue weighted by Gasteiger charge is 2.29. The summed E-state index contributed by atoms with van der Waals surface area (Å²) in [4.78, 5) is 2.46. The number of nitrogens with one attached hydrogen (secondary N) is 1. The van der Waals surface area contributed by atoms with Crippen LogP contribution in [0.4, 0.5) is 0 Å².